The van der Waals surface area contributed by atoms with Crippen molar-refractivity contribution in [1.29, 1.82) is 0 Å². The second-order valence-electron chi connectivity index (χ2n) is 4.93. The van der Waals surface area contributed by atoms with Crippen molar-refractivity contribution < 1.29 is 0 Å². The van der Waals surface area contributed by atoms with Crippen LogP contribution in [-0.2, 0) is 0 Å². The molecular formula is C17H19Cl2N. The first-order chi connectivity index (χ1) is 9.61. The molecule has 0 saturated carbocycles. The van der Waals surface area contributed by atoms with Gasteiger partial charge in [-0.05, 0) is 36.6 Å². The summed E-state index contributed by atoms with van der Waals surface area (Å²) >= 11 is 12.3. The fourth-order valence-corrected chi connectivity index (χ4v) is 2.89. The Morgan fingerprint density at radius 3 is 2.35 bits per heavy atom. The van der Waals surface area contributed by atoms with Crippen LogP contribution < -0.4 is 5.32 Å². The average Bonchev–Trinajstić information content (AvgIpc) is 2.46. The Morgan fingerprint density at radius 1 is 1.05 bits per heavy atom. The molecule has 0 saturated heterocycles. The standard InChI is InChI=1S/C17H19Cl2N/c1-3-17(15-10-9-14(18)11-16(15)19)20-12(2)13-7-5-4-6-8-13/h4-12,17,20H,3H2,1-2H3. The lowest BCUT2D eigenvalue weighted by Gasteiger charge is -2.24. The molecule has 3 heteroatoms. The lowest BCUT2D eigenvalue weighted by Crippen LogP contribution is -2.24. The summed E-state index contributed by atoms with van der Waals surface area (Å²) in [6.07, 6.45) is 0.971. The zero-order valence-electron chi connectivity index (χ0n) is 11.7. The maximum Gasteiger partial charge on any atom is 0.0468 e. The molecule has 2 aromatic rings. The molecule has 0 aliphatic carbocycles. The van der Waals surface area contributed by atoms with Crippen LogP contribution in [0.4, 0.5) is 0 Å². The van der Waals surface area contributed by atoms with Gasteiger partial charge in [0.2, 0.25) is 0 Å². The first kappa shape index (κ1) is 15.4. The van der Waals surface area contributed by atoms with E-state index >= 15 is 0 Å². The first-order valence-corrected chi connectivity index (χ1v) is 7.63. The summed E-state index contributed by atoms with van der Waals surface area (Å²) in [7, 11) is 0. The fraction of sp³-hybridized carbons (Fsp3) is 0.294. The van der Waals surface area contributed by atoms with Crippen LogP contribution in [-0.4, -0.2) is 0 Å². The molecule has 2 unspecified atom stereocenters. The minimum Gasteiger partial charge on any atom is -0.303 e. The molecule has 20 heavy (non-hydrogen) atoms. The molecule has 2 rings (SSSR count). The third kappa shape index (κ3) is 3.76. The van der Waals surface area contributed by atoms with E-state index < -0.39 is 0 Å². The number of rotatable bonds is 5. The summed E-state index contributed by atoms with van der Waals surface area (Å²) in [5.74, 6) is 0. The minimum atomic E-state index is 0.218. The highest BCUT2D eigenvalue weighted by molar-refractivity contribution is 6.35. The molecule has 0 fully saturated rings. The smallest absolute Gasteiger partial charge is 0.0468 e. The summed E-state index contributed by atoms with van der Waals surface area (Å²) < 4.78 is 0. The first-order valence-electron chi connectivity index (χ1n) is 6.87. The van der Waals surface area contributed by atoms with Gasteiger partial charge in [-0.25, -0.2) is 0 Å². The van der Waals surface area contributed by atoms with E-state index in [1.54, 1.807) is 6.07 Å². The van der Waals surface area contributed by atoms with E-state index in [2.05, 4.69) is 43.4 Å². The molecule has 0 heterocycles. The Morgan fingerprint density at radius 2 is 1.75 bits per heavy atom. The van der Waals surface area contributed by atoms with E-state index in [0.29, 0.717) is 5.02 Å². The Labute approximate surface area is 130 Å². The van der Waals surface area contributed by atoms with Crippen LogP contribution >= 0.6 is 23.2 Å². The maximum absolute atomic E-state index is 6.31. The number of benzene rings is 2. The van der Waals surface area contributed by atoms with Gasteiger partial charge in [0, 0.05) is 22.1 Å². The summed E-state index contributed by atoms with van der Waals surface area (Å²) in [5, 5.41) is 5.02. The Bertz CT molecular complexity index is 554. The number of nitrogens with one attached hydrogen (secondary N) is 1. The second kappa shape index (κ2) is 7.12. The summed E-state index contributed by atoms with van der Waals surface area (Å²) in [6, 6.07) is 16.6. The van der Waals surface area contributed by atoms with Crippen LogP contribution in [0.25, 0.3) is 0 Å². The molecule has 0 radical (unpaired) electrons. The third-order valence-corrected chi connectivity index (χ3v) is 4.06. The predicted octanol–water partition coefficient (Wildman–Crippen LogP) is 5.80. The molecule has 0 amide bonds. The van der Waals surface area contributed by atoms with Crippen molar-refractivity contribution in [3.8, 4) is 0 Å². The van der Waals surface area contributed by atoms with Crippen LogP contribution in [0.5, 0.6) is 0 Å². The van der Waals surface area contributed by atoms with Crippen molar-refractivity contribution in [1.82, 2.24) is 5.32 Å². The SMILES string of the molecule is CCC(NC(C)c1ccccc1)c1ccc(Cl)cc1Cl. The predicted molar refractivity (Wildman–Crippen MR) is 87.5 cm³/mol. The van der Waals surface area contributed by atoms with Crippen molar-refractivity contribution in [2.75, 3.05) is 0 Å². The fourth-order valence-electron chi connectivity index (χ4n) is 2.35. The van der Waals surface area contributed by atoms with E-state index in [4.69, 9.17) is 23.2 Å². The summed E-state index contributed by atoms with van der Waals surface area (Å²) in [5.41, 5.74) is 2.37. The molecule has 0 aromatic heterocycles. The van der Waals surface area contributed by atoms with Gasteiger partial charge in [0.1, 0.15) is 0 Å². The van der Waals surface area contributed by atoms with Crippen LogP contribution in [0.15, 0.2) is 48.5 Å². The van der Waals surface area contributed by atoms with Crippen LogP contribution in [0.3, 0.4) is 0 Å². The van der Waals surface area contributed by atoms with Gasteiger partial charge in [-0.2, -0.15) is 0 Å². The van der Waals surface area contributed by atoms with E-state index in [-0.39, 0.29) is 12.1 Å². The van der Waals surface area contributed by atoms with Crippen LogP contribution in [0.2, 0.25) is 10.0 Å². The average molecular weight is 308 g/mol. The van der Waals surface area contributed by atoms with Gasteiger partial charge < -0.3 is 5.32 Å². The Hall–Kier alpha value is -1.02. The number of halogens is 2. The molecule has 106 valence electrons. The van der Waals surface area contributed by atoms with E-state index in [0.717, 1.165) is 17.0 Å². The van der Waals surface area contributed by atoms with Gasteiger partial charge >= 0.3 is 0 Å². The van der Waals surface area contributed by atoms with Gasteiger partial charge in [0.25, 0.3) is 0 Å². The second-order valence-corrected chi connectivity index (χ2v) is 5.77. The van der Waals surface area contributed by atoms with Crippen molar-refractivity contribution >= 4 is 23.2 Å². The highest BCUT2D eigenvalue weighted by Crippen LogP contribution is 2.29. The lowest BCUT2D eigenvalue weighted by atomic mass is 10.0. The monoisotopic (exact) mass is 307 g/mol. The maximum atomic E-state index is 6.31. The quantitative estimate of drug-likeness (QED) is 0.736. The van der Waals surface area contributed by atoms with Gasteiger partial charge in [-0.15, -0.1) is 0 Å². The Balaban J connectivity index is 2.17. The topological polar surface area (TPSA) is 12.0 Å². The molecule has 2 aromatic carbocycles. The Kier molecular flexibility index (Phi) is 5.47. The summed E-state index contributed by atoms with van der Waals surface area (Å²) in [4.78, 5) is 0. The third-order valence-electron chi connectivity index (χ3n) is 3.50. The molecule has 1 N–H and O–H groups in total. The number of hydrogen-bond donors (Lipinski definition) is 1. The van der Waals surface area contributed by atoms with Gasteiger partial charge in [-0.3, -0.25) is 0 Å². The van der Waals surface area contributed by atoms with Crippen molar-refractivity contribution in [2.24, 2.45) is 0 Å². The highest BCUT2D eigenvalue weighted by Gasteiger charge is 2.16. The van der Waals surface area contributed by atoms with Crippen molar-refractivity contribution in [2.45, 2.75) is 32.4 Å². The largest absolute Gasteiger partial charge is 0.303 e. The van der Waals surface area contributed by atoms with Gasteiger partial charge in [-0.1, -0.05) is 66.5 Å². The van der Waals surface area contributed by atoms with Crippen molar-refractivity contribution in [3.63, 3.8) is 0 Å². The molecule has 0 bridgehead atoms. The van der Waals surface area contributed by atoms with E-state index in [9.17, 15) is 0 Å². The summed E-state index contributed by atoms with van der Waals surface area (Å²) in [6.45, 7) is 4.32. The highest BCUT2D eigenvalue weighted by atomic mass is 35.5. The number of hydrogen-bond acceptors (Lipinski definition) is 1. The molecule has 1 nitrogen and oxygen atoms in total. The van der Waals surface area contributed by atoms with Gasteiger partial charge in [0.05, 0.1) is 0 Å². The molecule has 0 aliphatic rings. The van der Waals surface area contributed by atoms with E-state index in [1.165, 1.54) is 5.56 Å². The lowest BCUT2D eigenvalue weighted by molar-refractivity contribution is 0.456. The molecule has 0 spiro atoms. The van der Waals surface area contributed by atoms with Crippen LogP contribution in [0, 0.1) is 0 Å². The molecular weight excluding hydrogens is 289 g/mol. The van der Waals surface area contributed by atoms with Gasteiger partial charge in [0.15, 0.2) is 0 Å². The minimum absolute atomic E-state index is 0.218. The van der Waals surface area contributed by atoms with Crippen LogP contribution in [0.1, 0.15) is 43.5 Å². The normalized spacial score (nSPS) is 14.0. The van der Waals surface area contributed by atoms with Crippen molar-refractivity contribution in [3.05, 3.63) is 69.7 Å². The zero-order chi connectivity index (χ0) is 14.5. The van der Waals surface area contributed by atoms with E-state index in [1.807, 2.05) is 18.2 Å². The molecule has 0 aliphatic heterocycles. The zero-order valence-corrected chi connectivity index (χ0v) is 13.2. The molecule has 2 atom stereocenters.